The summed E-state index contributed by atoms with van der Waals surface area (Å²) < 4.78 is 0. The second-order valence-electron chi connectivity index (χ2n) is 6.46. The molecule has 0 atom stereocenters. The van der Waals surface area contributed by atoms with E-state index in [0.29, 0.717) is 0 Å². The second-order valence-corrected chi connectivity index (χ2v) is 6.46. The van der Waals surface area contributed by atoms with Crippen molar-refractivity contribution in [1.82, 2.24) is 9.97 Å². The molecule has 1 heterocycles. The van der Waals surface area contributed by atoms with E-state index in [9.17, 15) is 0 Å². The number of aryl methyl sites for hydroxylation is 2. The fraction of sp³-hybridized carbons (Fsp3) is 0.400. The van der Waals surface area contributed by atoms with Crippen molar-refractivity contribution in [1.29, 1.82) is 0 Å². The number of nitrogens with zero attached hydrogens (tertiary/aromatic N) is 2. The number of allylic oxidation sites excluding steroid dienone is 1. The van der Waals surface area contributed by atoms with Crippen LogP contribution in [0.2, 0.25) is 0 Å². The van der Waals surface area contributed by atoms with Crippen LogP contribution in [0.4, 0.5) is 17.3 Å². The topological polar surface area (TPSA) is 49.8 Å². The van der Waals surface area contributed by atoms with Gasteiger partial charge in [0.25, 0.3) is 0 Å². The van der Waals surface area contributed by atoms with Crippen molar-refractivity contribution in [2.45, 2.75) is 46.0 Å². The fourth-order valence-electron chi connectivity index (χ4n) is 2.99. The highest BCUT2D eigenvalue weighted by molar-refractivity contribution is 5.59. The molecule has 24 heavy (non-hydrogen) atoms. The lowest BCUT2D eigenvalue weighted by atomic mass is 9.97. The van der Waals surface area contributed by atoms with E-state index in [1.165, 1.54) is 31.2 Å². The minimum atomic E-state index is 0.770. The van der Waals surface area contributed by atoms with E-state index in [4.69, 9.17) is 0 Å². The summed E-state index contributed by atoms with van der Waals surface area (Å²) in [5.74, 6) is 2.48. The first-order chi connectivity index (χ1) is 11.7. The number of nitrogens with one attached hydrogen (secondary N) is 2. The molecule has 1 aromatic carbocycles. The van der Waals surface area contributed by atoms with Gasteiger partial charge in [0.2, 0.25) is 0 Å². The molecule has 1 aliphatic rings. The Morgan fingerprint density at radius 3 is 2.54 bits per heavy atom. The summed E-state index contributed by atoms with van der Waals surface area (Å²) in [6.07, 6.45) is 8.68. The fourth-order valence-corrected chi connectivity index (χ4v) is 2.99. The summed E-state index contributed by atoms with van der Waals surface area (Å²) in [6.45, 7) is 4.93. The summed E-state index contributed by atoms with van der Waals surface area (Å²) in [4.78, 5) is 8.97. The maximum Gasteiger partial charge on any atom is 0.136 e. The smallest absolute Gasteiger partial charge is 0.136 e. The molecule has 126 valence electrons. The van der Waals surface area contributed by atoms with E-state index in [1.807, 2.05) is 13.0 Å². The Labute approximate surface area is 144 Å². The molecule has 4 nitrogen and oxygen atoms in total. The first kappa shape index (κ1) is 16.5. The van der Waals surface area contributed by atoms with Crippen LogP contribution in [0.5, 0.6) is 0 Å². The van der Waals surface area contributed by atoms with Gasteiger partial charge in [0, 0.05) is 18.3 Å². The van der Waals surface area contributed by atoms with Gasteiger partial charge >= 0.3 is 0 Å². The molecular weight excluding hydrogens is 296 g/mol. The Balaban J connectivity index is 1.60. The number of benzene rings is 1. The quantitative estimate of drug-likeness (QED) is 0.723. The number of rotatable bonds is 6. The molecule has 2 aromatic rings. The lowest BCUT2D eigenvalue weighted by Crippen LogP contribution is -2.08. The minimum absolute atomic E-state index is 0.770. The van der Waals surface area contributed by atoms with Gasteiger partial charge in [-0.1, -0.05) is 29.3 Å². The van der Waals surface area contributed by atoms with Crippen LogP contribution in [-0.2, 0) is 0 Å². The first-order valence-corrected chi connectivity index (χ1v) is 8.80. The highest BCUT2D eigenvalue weighted by Crippen LogP contribution is 2.21. The highest BCUT2D eigenvalue weighted by atomic mass is 15.1. The van der Waals surface area contributed by atoms with Crippen LogP contribution >= 0.6 is 0 Å². The maximum atomic E-state index is 4.49. The summed E-state index contributed by atoms with van der Waals surface area (Å²) in [6, 6.07) is 10.3. The predicted octanol–water partition coefficient (Wildman–Crippen LogP) is 5.14. The molecule has 0 fully saturated rings. The molecule has 0 radical (unpaired) electrons. The van der Waals surface area contributed by atoms with E-state index in [-0.39, 0.29) is 0 Å². The zero-order valence-corrected chi connectivity index (χ0v) is 14.6. The summed E-state index contributed by atoms with van der Waals surface area (Å²) >= 11 is 0. The third kappa shape index (κ3) is 4.82. The van der Waals surface area contributed by atoms with Crippen LogP contribution in [0.3, 0.4) is 0 Å². The van der Waals surface area contributed by atoms with Gasteiger partial charge < -0.3 is 10.6 Å². The van der Waals surface area contributed by atoms with Crippen LogP contribution in [0.25, 0.3) is 0 Å². The van der Waals surface area contributed by atoms with Crippen molar-refractivity contribution in [2.75, 3.05) is 17.2 Å². The van der Waals surface area contributed by atoms with E-state index in [0.717, 1.165) is 36.1 Å². The molecule has 2 N–H and O–H groups in total. The zero-order chi connectivity index (χ0) is 16.8. The monoisotopic (exact) mass is 322 g/mol. The van der Waals surface area contributed by atoms with Gasteiger partial charge in [0.15, 0.2) is 0 Å². The first-order valence-electron chi connectivity index (χ1n) is 8.80. The van der Waals surface area contributed by atoms with Crippen molar-refractivity contribution < 1.29 is 0 Å². The van der Waals surface area contributed by atoms with Crippen LogP contribution in [0, 0.1) is 13.8 Å². The van der Waals surface area contributed by atoms with Crippen LogP contribution in [-0.4, -0.2) is 16.5 Å². The Kier molecular flexibility index (Phi) is 5.47. The summed E-state index contributed by atoms with van der Waals surface area (Å²) in [5, 5.41) is 6.79. The Morgan fingerprint density at radius 2 is 1.79 bits per heavy atom. The van der Waals surface area contributed by atoms with Gasteiger partial charge in [-0.05, 0) is 58.1 Å². The van der Waals surface area contributed by atoms with Gasteiger partial charge in [-0.25, -0.2) is 9.97 Å². The number of hydrogen-bond donors (Lipinski definition) is 2. The highest BCUT2D eigenvalue weighted by Gasteiger charge is 2.05. The molecule has 0 saturated heterocycles. The van der Waals surface area contributed by atoms with Gasteiger partial charge in [0.05, 0.1) is 0 Å². The SMILES string of the molecule is Cc1ccc(Nc2cc(NCCC3=CCCCC3)nc(C)n2)cc1. The van der Waals surface area contributed by atoms with Crippen LogP contribution in [0.15, 0.2) is 42.0 Å². The van der Waals surface area contributed by atoms with Crippen molar-refractivity contribution >= 4 is 17.3 Å². The largest absolute Gasteiger partial charge is 0.370 e. The lowest BCUT2D eigenvalue weighted by molar-refractivity contribution is 0.679. The molecule has 1 aliphatic carbocycles. The van der Waals surface area contributed by atoms with Gasteiger partial charge in [-0.3, -0.25) is 0 Å². The minimum Gasteiger partial charge on any atom is -0.370 e. The number of hydrogen-bond acceptors (Lipinski definition) is 4. The van der Waals surface area contributed by atoms with Crippen molar-refractivity contribution in [2.24, 2.45) is 0 Å². The molecule has 0 aliphatic heterocycles. The van der Waals surface area contributed by atoms with Gasteiger partial charge in [0.1, 0.15) is 17.5 Å². The third-order valence-electron chi connectivity index (χ3n) is 4.30. The normalized spacial score (nSPS) is 14.2. The third-order valence-corrected chi connectivity index (χ3v) is 4.30. The predicted molar refractivity (Wildman–Crippen MR) is 101 cm³/mol. The van der Waals surface area contributed by atoms with E-state index < -0.39 is 0 Å². The maximum absolute atomic E-state index is 4.49. The van der Waals surface area contributed by atoms with E-state index >= 15 is 0 Å². The molecule has 0 unspecified atom stereocenters. The van der Waals surface area contributed by atoms with Gasteiger partial charge in [-0.2, -0.15) is 0 Å². The second kappa shape index (κ2) is 7.95. The average Bonchev–Trinajstić information content (AvgIpc) is 2.57. The number of anilines is 3. The molecule has 3 rings (SSSR count). The summed E-state index contributed by atoms with van der Waals surface area (Å²) in [7, 11) is 0. The average molecular weight is 322 g/mol. The van der Waals surface area contributed by atoms with Crippen molar-refractivity contribution in [3.63, 3.8) is 0 Å². The molecule has 0 saturated carbocycles. The molecule has 0 spiro atoms. The van der Waals surface area contributed by atoms with Crippen LogP contribution in [0.1, 0.15) is 43.5 Å². The molecule has 0 amide bonds. The van der Waals surface area contributed by atoms with Crippen molar-refractivity contribution in [3.05, 3.63) is 53.4 Å². The van der Waals surface area contributed by atoms with E-state index in [2.05, 4.69) is 57.9 Å². The zero-order valence-electron chi connectivity index (χ0n) is 14.6. The molecule has 1 aromatic heterocycles. The van der Waals surface area contributed by atoms with E-state index in [1.54, 1.807) is 5.57 Å². The number of aromatic nitrogens is 2. The summed E-state index contributed by atoms with van der Waals surface area (Å²) in [5.41, 5.74) is 3.87. The Hall–Kier alpha value is -2.36. The van der Waals surface area contributed by atoms with Crippen molar-refractivity contribution in [3.8, 4) is 0 Å². The van der Waals surface area contributed by atoms with Gasteiger partial charge in [-0.15, -0.1) is 0 Å². The van der Waals surface area contributed by atoms with Crippen LogP contribution < -0.4 is 10.6 Å². The molecule has 4 heteroatoms. The molecular formula is C20H26N4. The lowest BCUT2D eigenvalue weighted by Gasteiger charge is -2.14. The Morgan fingerprint density at radius 1 is 1.00 bits per heavy atom. The Bertz CT molecular complexity index is 704. The standard InChI is InChI=1S/C20H26N4/c1-15-8-10-18(11-9-15)24-20-14-19(22-16(2)23-20)21-13-12-17-6-4-3-5-7-17/h6,8-11,14H,3-5,7,12-13H2,1-2H3,(H2,21,22,23,24). The molecule has 0 bridgehead atoms.